The number of ether oxygens (including phenoxy) is 1. The molecular formula is C18H15ClN4O2S2. The Labute approximate surface area is 169 Å². The maximum atomic E-state index is 5.86. The van der Waals surface area contributed by atoms with Crippen LogP contribution in [-0.2, 0) is 12.4 Å². The standard InChI is InChI=1S/C18H15ClN4O2S2/c1-11-14(20-17(25-11)15-3-2-8-26-15)10-27-18-21-16(22-23-18)9-24-13-6-4-12(19)5-7-13/h2-8H,9-10H2,1H3,(H,21,22,23). The Bertz CT molecular complexity index is 1010. The minimum absolute atomic E-state index is 0.306. The highest BCUT2D eigenvalue weighted by molar-refractivity contribution is 7.98. The van der Waals surface area contributed by atoms with Crippen LogP contribution >= 0.6 is 34.7 Å². The number of hydrogen-bond donors (Lipinski definition) is 1. The van der Waals surface area contributed by atoms with Gasteiger partial charge in [-0.2, -0.15) is 0 Å². The lowest BCUT2D eigenvalue weighted by Gasteiger charge is -2.03. The third-order valence-corrected chi connectivity index (χ3v) is 5.63. The van der Waals surface area contributed by atoms with E-state index in [1.807, 2.05) is 36.6 Å². The molecule has 0 amide bonds. The highest BCUT2D eigenvalue weighted by atomic mass is 35.5. The van der Waals surface area contributed by atoms with Gasteiger partial charge >= 0.3 is 0 Å². The highest BCUT2D eigenvalue weighted by Gasteiger charge is 2.14. The molecule has 0 saturated carbocycles. The lowest BCUT2D eigenvalue weighted by Crippen LogP contribution is -1.97. The molecule has 6 nitrogen and oxygen atoms in total. The molecule has 0 spiro atoms. The number of aromatic amines is 1. The van der Waals surface area contributed by atoms with Crippen LogP contribution in [0.2, 0.25) is 5.02 Å². The quantitative estimate of drug-likeness (QED) is 0.407. The van der Waals surface area contributed by atoms with Crippen LogP contribution in [-0.4, -0.2) is 20.2 Å². The van der Waals surface area contributed by atoms with E-state index in [2.05, 4.69) is 20.2 Å². The third-order valence-electron chi connectivity index (χ3n) is 3.66. The zero-order chi connectivity index (χ0) is 18.6. The van der Waals surface area contributed by atoms with Gasteiger partial charge in [0.05, 0.1) is 10.6 Å². The van der Waals surface area contributed by atoms with Crippen molar-refractivity contribution in [2.45, 2.75) is 24.4 Å². The van der Waals surface area contributed by atoms with Crippen LogP contribution in [0.4, 0.5) is 0 Å². The van der Waals surface area contributed by atoms with Crippen LogP contribution < -0.4 is 4.74 Å². The number of H-pyrrole nitrogens is 1. The fraction of sp³-hybridized carbons (Fsp3) is 0.167. The molecule has 0 atom stereocenters. The first-order valence-electron chi connectivity index (χ1n) is 8.10. The molecule has 3 heterocycles. The molecule has 1 aromatic carbocycles. The van der Waals surface area contributed by atoms with Gasteiger partial charge in [0.15, 0.2) is 5.82 Å². The lowest BCUT2D eigenvalue weighted by molar-refractivity contribution is 0.296. The van der Waals surface area contributed by atoms with Crippen molar-refractivity contribution in [3.8, 4) is 16.5 Å². The SMILES string of the molecule is Cc1oc(-c2cccs2)nc1CSc1n[nH]c(COc2ccc(Cl)cc2)n1. The van der Waals surface area contributed by atoms with Crippen molar-refractivity contribution in [1.82, 2.24) is 20.2 Å². The summed E-state index contributed by atoms with van der Waals surface area (Å²) >= 11 is 8.96. The van der Waals surface area contributed by atoms with Crippen LogP contribution in [0.1, 0.15) is 17.3 Å². The molecule has 27 heavy (non-hydrogen) atoms. The number of thiophene rings is 1. The van der Waals surface area contributed by atoms with Crippen LogP contribution in [0.15, 0.2) is 51.4 Å². The number of nitrogens with one attached hydrogen (secondary N) is 1. The fourth-order valence-corrected chi connectivity index (χ4v) is 3.88. The topological polar surface area (TPSA) is 76.8 Å². The minimum Gasteiger partial charge on any atom is -0.486 e. The first-order valence-corrected chi connectivity index (χ1v) is 10.3. The van der Waals surface area contributed by atoms with E-state index in [9.17, 15) is 0 Å². The number of hydrogen-bond acceptors (Lipinski definition) is 7. The molecule has 0 aliphatic heterocycles. The van der Waals surface area contributed by atoms with Gasteiger partial charge in [-0.25, -0.2) is 9.97 Å². The number of aryl methyl sites for hydroxylation is 1. The average Bonchev–Trinajstić information content (AvgIpc) is 3.41. The second-order valence-electron chi connectivity index (χ2n) is 5.60. The molecule has 1 N–H and O–H groups in total. The number of benzene rings is 1. The maximum absolute atomic E-state index is 5.86. The molecular weight excluding hydrogens is 404 g/mol. The molecule has 0 saturated heterocycles. The van der Waals surface area contributed by atoms with E-state index in [-0.39, 0.29) is 0 Å². The van der Waals surface area contributed by atoms with Gasteiger partial charge in [0, 0.05) is 10.8 Å². The van der Waals surface area contributed by atoms with Crippen molar-refractivity contribution in [2.75, 3.05) is 0 Å². The smallest absolute Gasteiger partial charge is 0.236 e. The molecule has 0 radical (unpaired) electrons. The summed E-state index contributed by atoms with van der Waals surface area (Å²) in [4.78, 5) is 10.0. The van der Waals surface area contributed by atoms with E-state index in [0.29, 0.717) is 34.3 Å². The maximum Gasteiger partial charge on any atom is 0.236 e. The molecule has 9 heteroatoms. The number of aromatic nitrogens is 4. The van der Waals surface area contributed by atoms with E-state index < -0.39 is 0 Å². The molecule has 138 valence electrons. The van der Waals surface area contributed by atoms with Crippen LogP contribution in [0.3, 0.4) is 0 Å². The summed E-state index contributed by atoms with van der Waals surface area (Å²) in [7, 11) is 0. The van der Waals surface area contributed by atoms with Crippen LogP contribution in [0.5, 0.6) is 5.75 Å². The molecule has 0 unspecified atom stereocenters. The summed E-state index contributed by atoms with van der Waals surface area (Å²) in [5.41, 5.74) is 0.896. The first kappa shape index (κ1) is 18.1. The van der Waals surface area contributed by atoms with E-state index >= 15 is 0 Å². The van der Waals surface area contributed by atoms with Gasteiger partial charge in [-0.05, 0) is 42.6 Å². The normalized spacial score (nSPS) is 11.0. The Balaban J connectivity index is 1.34. The summed E-state index contributed by atoms with van der Waals surface area (Å²) in [6.45, 7) is 2.23. The number of halogens is 1. The number of nitrogens with zero attached hydrogens (tertiary/aromatic N) is 3. The largest absolute Gasteiger partial charge is 0.486 e. The average molecular weight is 419 g/mol. The Morgan fingerprint density at radius 1 is 1.22 bits per heavy atom. The van der Waals surface area contributed by atoms with E-state index in [1.54, 1.807) is 23.5 Å². The van der Waals surface area contributed by atoms with Gasteiger partial charge in [-0.1, -0.05) is 29.4 Å². The van der Waals surface area contributed by atoms with Crippen molar-refractivity contribution < 1.29 is 9.15 Å². The van der Waals surface area contributed by atoms with E-state index in [0.717, 1.165) is 22.1 Å². The summed E-state index contributed by atoms with van der Waals surface area (Å²) < 4.78 is 11.4. The van der Waals surface area contributed by atoms with Gasteiger partial charge < -0.3 is 9.15 Å². The Morgan fingerprint density at radius 2 is 2.07 bits per heavy atom. The van der Waals surface area contributed by atoms with Gasteiger partial charge in [0.1, 0.15) is 18.1 Å². The van der Waals surface area contributed by atoms with Gasteiger partial charge in [0.25, 0.3) is 0 Å². The summed E-state index contributed by atoms with van der Waals surface area (Å²) in [6.07, 6.45) is 0. The second kappa shape index (κ2) is 8.16. The van der Waals surface area contributed by atoms with Gasteiger partial charge in [0.2, 0.25) is 11.0 Å². The Morgan fingerprint density at radius 3 is 2.85 bits per heavy atom. The van der Waals surface area contributed by atoms with E-state index in [4.69, 9.17) is 20.8 Å². The molecule has 0 bridgehead atoms. The van der Waals surface area contributed by atoms with Crippen molar-refractivity contribution in [3.63, 3.8) is 0 Å². The van der Waals surface area contributed by atoms with Crippen molar-refractivity contribution >= 4 is 34.7 Å². The predicted molar refractivity (Wildman–Crippen MR) is 106 cm³/mol. The predicted octanol–water partition coefficient (Wildman–Crippen LogP) is 5.35. The lowest BCUT2D eigenvalue weighted by atomic mass is 10.3. The summed E-state index contributed by atoms with van der Waals surface area (Å²) in [5.74, 6) is 3.49. The molecule has 4 aromatic rings. The fourth-order valence-electron chi connectivity index (χ4n) is 2.29. The van der Waals surface area contributed by atoms with Gasteiger partial charge in [-0.15, -0.1) is 16.4 Å². The minimum atomic E-state index is 0.306. The zero-order valence-electron chi connectivity index (χ0n) is 14.3. The monoisotopic (exact) mass is 418 g/mol. The molecule has 4 rings (SSSR count). The molecule has 0 fully saturated rings. The Kier molecular flexibility index (Phi) is 5.47. The van der Waals surface area contributed by atoms with Crippen LogP contribution in [0, 0.1) is 6.92 Å². The van der Waals surface area contributed by atoms with Gasteiger partial charge in [-0.3, -0.25) is 5.10 Å². The summed E-state index contributed by atoms with van der Waals surface area (Å²) in [6, 6.07) is 11.2. The second-order valence-corrected chi connectivity index (χ2v) is 7.92. The Hall–Kier alpha value is -2.29. The highest BCUT2D eigenvalue weighted by Crippen LogP contribution is 2.28. The molecule has 3 aromatic heterocycles. The number of thioether (sulfide) groups is 1. The summed E-state index contributed by atoms with van der Waals surface area (Å²) in [5, 5.41) is 10.4. The van der Waals surface area contributed by atoms with Crippen molar-refractivity contribution in [2.24, 2.45) is 0 Å². The molecule has 0 aliphatic rings. The zero-order valence-corrected chi connectivity index (χ0v) is 16.7. The van der Waals surface area contributed by atoms with Crippen molar-refractivity contribution in [3.05, 3.63) is 64.1 Å². The van der Waals surface area contributed by atoms with Crippen LogP contribution in [0.25, 0.3) is 10.8 Å². The number of rotatable bonds is 7. The third kappa shape index (κ3) is 4.52. The van der Waals surface area contributed by atoms with E-state index in [1.165, 1.54) is 11.8 Å². The number of oxazole rings is 1. The van der Waals surface area contributed by atoms with Crippen molar-refractivity contribution in [1.29, 1.82) is 0 Å². The molecule has 0 aliphatic carbocycles. The first-order chi connectivity index (χ1) is 13.2.